The first-order chi connectivity index (χ1) is 9.26. The molecule has 0 radical (unpaired) electrons. The van der Waals surface area contributed by atoms with Gasteiger partial charge in [-0.2, -0.15) is 0 Å². The highest BCUT2D eigenvalue weighted by molar-refractivity contribution is 9.10. The molecule has 9 heteroatoms. The lowest BCUT2D eigenvalue weighted by Gasteiger charge is -2.34. The molecule has 0 aliphatic heterocycles. The predicted octanol–water partition coefficient (Wildman–Crippen LogP) is 2.28. The fourth-order valence-corrected chi connectivity index (χ4v) is 3.87. The smallest absolute Gasteiger partial charge is 0.243 e. The Kier molecular flexibility index (Phi) is 4.60. The summed E-state index contributed by atoms with van der Waals surface area (Å²) in [4.78, 5) is -0.552. The Labute approximate surface area is 129 Å². The van der Waals surface area contributed by atoms with E-state index in [4.69, 9.17) is 22.1 Å². The van der Waals surface area contributed by atoms with Crippen LogP contribution in [0.3, 0.4) is 0 Å². The van der Waals surface area contributed by atoms with Gasteiger partial charge in [0.1, 0.15) is 4.90 Å². The highest BCUT2D eigenvalue weighted by Gasteiger charge is 2.34. The van der Waals surface area contributed by atoms with E-state index in [2.05, 4.69) is 20.7 Å². The molecule has 1 aromatic carbocycles. The fraction of sp³-hybridized carbons (Fsp3) is 0.455. The number of anilines is 1. The molecule has 3 N–H and O–H groups in total. The summed E-state index contributed by atoms with van der Waals surface area (Å²) < 4.78 is 45.9. The van der Waals surface area contributed by atoms with Gasteiger partial charge < -0.3 is 10.5 Å². The average Bonchev–Trinajstić information content (AvgIpc) is 2.34. The Bertz CT molecular complexity index is 635. The number of sulfonamides is 1. The molecule has 0 amide bonds. The highest BCUT2D eigenvalue weighted by atomic mass is 79.9. The second-order valence-electron chi connectivity index (χ2n) is 4.55. The van der Waals surface area contributed by atoms with E-state index >= 15 is 0 Å². The second kappa shape index (κ2) is 5.76. The van der Waals surface area contributed by atoms with Gasteiger partial charge in [-0.3, -0.25) is 0 Å². The molecule has 0 aromatic heterocycles. The van der Waals surface area contributed by atoms with Crippen molar-refractivity contribution in [2.24, 2.45) is 0 Å². The Morgan fingerprint density at radius 2 is 2.15 bits per heavy atom. The van der Waals surface area contributed by atoms with Crippen molar-refractivity contribution in [3.63, 3.8) is 0 Å². The number of nitrogens with two attached hydrogens (primary N) is 1. The van der Waals surface area contributed by atoms with Gasteiger partial charge in [0.05, 0.1) is 21.3 Å². The van der Waals surface area contributed by atoms with Crippen LogP contribution in [-0.4, -0.2) is 27.7 Å². The van der Waals surface area contributed by atoms with Crippen molar-refractivity contribution >= 4 is 43.2 Å². The van der Waals surface area contributed by atoms with Crippen LogP contribution < -0.4 is 10.5 Å². The topological polar surface area (TPSA) is 81.4 Å². The quantitative estimate of drug-likeness (QED) is 0.613. The summed E-state index contributed by atoms with van der Waals surface area (Å²) in [5.41, 5.74) is 5.15. The number of hydrogen-bond acceptors (Lipinski definition) is 4. The lowest BCUT2D eigenvalue weighted by atomic mass is 9.90. The first-order valence-electron chi connectivity index (χ1n) is 5.74. The van der Waals surface area contributed by atoms with Crippen LogP contribution in [0.1, 0.15) is 12.8 Å². The molecular weight excluding hydrogens is 375 g/mol. The van der Waals surface area contributed by atoms with Crippen molar-refractivity contribution in [3.8, 4) is 0 Å². The normalized spacial score (nSPS) is 22.6. The molecule has 0 unspecified atom stereocenters. The monoisotopic (exact) mass is 386 g/mol. The van der Waals surface area contributed by atoms with E-state index in [0.29, 0.717) is 12.8 Å². The lowest BCUT2D eigenvalue weighted by molar-refractivity contribution is 0.0236. The minimum atomic E-state index is -4.01. The summed E-state index contributed by atoms with van der Waals surface area (Å²) in [6.07, 6.45) is 1.14. The Hall–Kier alpha value is -0.410. The maximum atomic E-state index is 14.0. The van der Waals surface area contributed by atoms with Crippen molar-refractivity contribution in [2.45, 2.75) is 29.9 Å². The lowest BCUT2D eigenvalue weighted by Crippen LogP contribution is -2.47. The largest absolute Gasteiger partial charge is 0.395 e. The maximum Gasteiger partial charge on any atom is 0.243 e. The van der Waals surface area contributed by atoms with E-state index in [1.165, 1.54) is 0 Å². The molecule has 1 aromatic rings. The third-order valence-electron chi connectivity index (χ3n) is 3.20. The standard InChI is InChI=1S/C11H13BrClFN2O3S/c1-19-6-2-5(3-6)16-20(17,18)8-4-7(13)9(12)11(15)10(8)14/h4-6,16H,2-3,15H2,1H3. The summed E-state index contributed by atoms with van der Waals surface area (Å²) in [6, 6.07) is 0.763. The number of ether oxygens (including phenoxy) is 1. The number of rotatable bonds is 4. The van der Waals surface area contributed by atoms with Gasteiger partial charge in [-0.1, -0.05) is 11.6 Å². The highest BCUT2D eigenvalue weighted by Crippen LogP contribution is 2.35. The maximum absolute atomic E-state index is 14.0. The number of halogens is 3. The zero-order valence-corrected chi connectivity index (χ0v) is 13.6. The number of nitrogens with one attached hydrogen (secondary N) is 1. The molecule has 1 aliphatic carbocycles. The van der Waals surface area contributed by atoms with E-state index in [1.807, 2.05) is 0 Å². The molecule has 1 aliphatic rings. The number of nitrogen functional groups attached to an aromatic ring is 1. The Morgan fingerprint density at radius 3 is 2.70 bits per heavy atom. The van der Waals surface area contributed by atoms with Crippen molar-refractivity contribution in [3.05, 3.63) is 21.4 Å². The van der Waals surface area contributed by atoms with Gasteiger partial charge in [0, 0.05) is 13.2 Å². The van der Waals surface area contributed by atoms with Crippen molar-refractivity contribution in [1.82, 2.24) is 4.72 Å². The Balaban J connectivity index is 2.27. The second-order valence-corrected chi connectivity index (χ2v) is 7.43. The molecule has 112 valence electrons. The van der Waals surface area contributed by atoms with Crippen LogP contribution in [0.5, 0.6) is 0 Å². The molecule has 1 fully saturated rings. The van der Waals surface area contributed by atoms with E-state index in [1.54, 1.807) is 7.11 Å². The summed E-state index contributed by atoms with van der Waals surface area (Å²) >= 11 is 8.82. The van der Waals surface area contributed by atoms with Gasteiger partial charge in [0.2, 0.25) is 10.0 Å². The van der Waals surface area contributed by atoms with E-state index in [0.717, 1.165) is 6.07 Å². The third-order valence-corrected chi connectivity index (χ3v) is 6.10. The molecule has 0 saturated heterocycles. The van der Waals surface area contributed by atoms with Crippen LogP contribution >= 0.6 is 27.5 Å². The first kappa shape index (κ1) is 16.0. The molecule has 0 spiro atoms. The zero-order chi connectivity index (χ0) is 15.1. The molecule has 1 saturated carbocycles. The molecular formula is C11H13BrClFN2O3S. The van der Waals surface area contributed by atoms with Gasteiger partial charge in [-0.05, 0) is 34.8 Å². The molecule has 2 rings (SSSR count). The van der Waals surface area contributed by atoms with Crippen LogP contribution in [0.15, 0.2) is 15.4 Å². The van der Waals surface area contributed by atoms with E-state index in [-0.39, 0.29) is 27.3 Å². The predicted molar refractivity (Wildman–Crippen MR) is 77.7 cm³/mol. The summed E-state index contributed by atoms with van der Waals surface area (Å²) in [5.74, 6) is -1.02. The van der Waals surface area contributed by atoms with Crippen molar-refractivity contribution in [1.29, 1.82) is 0 Å². The van der Waals surface area contributed by atoms with Gasteiger partial charge in [-0.25, -0.2) is 17.5 Å². The molecule has 0 atom stereocenters. The van der Waals surface area contributed by atoms with Crippen LogP contribution in [0, 0.1) is 5.82 Å². The summed E-state index contributed by atoms with van der Waals surface area (Å²) in [7, 11) is -2.45. The van der Waals surface area contributed by atoms with Crippen LogP contribution in [0.4, 0.5) is 10.1 Å². The average molecular weight is 388 g/mol. The van der Waals surface area contributed by atoms with Crippen LogP contribution in [0.25, 0.3) is 0 Å². The molecule has 20 heavy (non-hydrogen) atoms. The zero-order valence-electron chi connectivity index (χ0n) is 10.5. The minimum absolute atomic E-state index is 0.0334. The van der Waals surface area contributed by atoms with Crippen molar-refractivity contribution < 1.29 is 17.5 Å². The Morgan fingerprint density at radius 1 is 1.55 bits per heavy atom. The van der Waals surface area contributed by atoms with Crippen LogP contribution in [-0.2, 0) is 14.8 Å². The number of methoxy groups -OCH3 is 1. The summed E-state index contributed by atoms with van der Waals surface area (Å²) in [6.45, 7) is 0. The molecule has 5 nitrogen and oxygen atoms in total. The number of hydrogen-bond donors (Lipinski definition) is 2. The SMILES string of the molecule is COC1CC(NS(=O)(=O)c2cc(Cl)c(Br)c(N)c2F)C1. The van der Waals surface area contributed by atoms with Gasteiger partial charge in [-0.15, -0.1) is 0 Å². The van der Waals surface area contributed by atoms with E-state index < -0.39 is 20.7 Å². The third kappa shape index (κ3) is 2.94. The number of benzene rings is 1. The first-order valence-corrected chi connectivity index (χ1v) is 8.39. The van der Waals surface area contributed by atoms with Crippen molar-refractivity contribution in [2.75, 3.05) is 12.8 Å². The van der Waals surface area contributed by atoms with Gasteiger partial charge >= 0.3 is 0 Å². The molecule has 0 heterocycles. The van der Waals surface area contributed by atoms with E-state index in [9.17, 15) is 12.8 Å². The molecule has 0 bridgehead atoms. The van der Waals surface area contributed by atoms with Gasteiger partial charge in [0.15, 0.2) is 5.82 Å². The fourth-order valence-electron chi connectivity index (χ4n) is 1.93. The summed E-state index contributed by atoms with van der Waals surface area (Å²) in [5, 5.41) is 0.0349. The minimum Gasteiger partial charge on any atom is -0.395 e. The van der Waals surface area contributed by atoms with Crippen LogP contribution in [0.2, 0.25) is 5.02 Å². The van der Waals surface area contributed by atoms with Gasteiger partial charge in [0.25, 0.3) is 0 Å².